The van der Waals surface area contributed by atoms with Crippen LogP contribution in [0.25, 0.3) is 0 Å². The van der Waals surface area contributed by atoms with E-state index in [2.05, 4.69) is 20.9 Å². The summed E-state index contributed by atoms with van der Waals surface area (Å²) in [5.74, 6) is -0.283. The van der Waals surface area contributed by atoms with Crippen LogP contribution >= 0.6 is 15.9 Å². The molecule has 1 fully saturated rings. The Balaban J connectivity index is 1.78. The molecule has 6 heteroatoms. The first kappa shape index (κ1) is 17.1. The number of hydrogen-bond donors (Lipinski definition) is 0. The SMILES string of the molecule is O=C(c1cc(Br)ccn1)N(Cc1ccccc1)OC1CCCCO1. The second-order valence-corrected chi connectivity index (χ2v) is 6.50. The molecule has 3 rings (SSSR count). The van der Waals surface area contributed by atoms with Gasteiger partial charge in [0.25, 0.3) is 5.91 Å². The standard InChI is InChI=1S/C18H19BrN2O3/c19-15-9-10-20-16(12-15)18(22)21(13-14-6-2-1-3-7-14)24-17-8-4-5-11-23-17/h1-3,6-7,9-10,12,17H,4-5,8,11,13H2. The number of amides is 1. The van der Waals surface area contributed by atoms with Crippen molar-refractivity contribution < 1.29 is 14.4 Å². The maximum Gasteiger partial charge on any atom is 0.296 e. The third-order valence-corrected chi connectivity index (χ3v) is 4.21. The maximum absolute atomic E-state index is 12.8. The van der Waals surface area contributed by atoms with Crippen molar-refractivity contribution in [2.24, 2.45) is 0 Å². The Morgan fingerprint density at radius 2 is 2.12 bits per heavy atom. The summed E-state index contributed by atoms with van der Waals surface area (Å²) in [7, 11) is 0. The Morgan fingerprint density at radius 1 is 1.29 bits per heavy atom. The highest BCUT2D eigenvalue weighted by atomic mass is 79.9. The Morgan fingerprint density at radius 3 is 2.83 bits per heavy atom. The fourth-order valence-corrected chi connectivity index (χ4v) is 2.83. The molecule has 0 bridgehead atoms. The van der Waals surface area contributed by atoms with E-state index in [-0.39, 0.29) is 5.91 Å². The average molecular weight is 391 g/mol. The summed E-state index contributed by atoms with van der Waals surface area (Å²) >= 11 is 3.37. The lowest BCUT2D eigenvalue weighted by Crippen LogP contribution is -2.37. The second-order valence-electron chi connectivity index (χ2n) is 5.59. The first-order valence-corrected chi connectivity index (χ1v) is 8.77. The maximum atomic E-state index is 12.8. The largest absolute Gasteiger partial charge is 0.350 e. The summed E-state index contributed by atoms with van der Waals surface area (Å²) in [4.78, 5) is 22.8. The van der Waals surface area contributed by atoms with Crippen molar-refractivity contribution >= 4 is 21.8 Å². The summed E-state index contributed by atoms with van der Waals surface area (Å²) in [5.41, 5.74) is 1.31. The summed E-state index contributed by atoms with van der Waals surface area (Å²) in [6.07, 6.45) is 4.05. The molecular formula is C18H19BrN2O3. The Labute approximate surface area is 149 Å². The first-order valence-electron chi connectivity index (χ1n) is 7.98. The van der Waals surface area contributed by atoms with Gasteiger partial charge in [0.15, 0.2) is 6.29 Å². The monoisotopic (exact) mass is 390 g/mol. The van der Waals surface area contributed by atoms with Crippen LogP contribution in [0, 0.1) is 0 Å². The Hall–Kier alpha value is -1.76. The Bertz CT molecular complexity index is 675. The summed E-state index contributed by atoms with van der Waals surface area (Å²) in [6.45, 7) is 1.00. The zero-order valence-corrected chi connectivity index (χ0v) is 14.8. The minimum atomic E-state index is -0.390. The molecule has 2 aromatic rings. The average Bonchev–Trinajstić information content (AvgIpc) is 2.62. The summed E-state index contributed by atoms with van der Waals surface area (Å²) in [5, 5.41) is 1.35. The highest BCUT2D eigenvalue weighted by Gasteiger charge is 2.24. The highest BCUT2D eigenvalue weighted by Crippen LogP contribution is 2.19. The van der Waals surface area contributed by atoms with E-state index in [0.717, 1.165) is 29.3 Å². The van der Waals surface area contributed by atoms with Gasteiger partial charge < -0.3 is 4.74 Å². The molecule has 0 spiro atoms. The number of ether oxygens (including phenoxy) is 1. The van der Waals surface area contributed by atoms with Crippen molar-refractivity contribution in [1.29, 1.82) is 0 Å². The van der Waals surface area contributed by atoms with Gasteiger partial charge in [-0.1, -0.05) is 46.3 Å². The van der Waals surface area contributed by atoms with E-state index in [1.165, 1.54) is 5.06 Å². The number of carbonyl (C=O) groups excluding carboxylic acids is 1. The number of carbonyl (C=O) groups is 1. The lowest BCUT2D eigenvalue weighted by molar-refractivity contribution is -0.270. The number of halogens is 1. The first-order chi connectivity index (χ1) is 11.7. The lowest BCUT2D eigenvalue weighted by atomic mass is 10.2. The second kappa shape index (κ2) is 8.37. The van der Waals surface area contributed by atoms with Gasteiger partial charge in [0, 0.05) is 23.7 Å². The molecule has 1 aromatic carbocycles. The van der Waals surface area contributed by atoms with Crippen molar-refractivity contribution in [2.45, 2.75) is 32.1 Å². The zero-order chi connectivity index (χ0) is 16.8. The third kappa shape index (κ3) is 4.63. The van der Waals surface area contributed by atoms with Crippen LogP contribution in [0.2, 0.25) is 0 Å². The number of nitrogens with zero attached hydrogens (tertiary/aromatic N) is 2. The molecule has 24 heavy (non-hydrogen) atoms. The lowest BCUT2D eigenvalue weighted by Gasteiger charge is -2.29. The normalized spacial score (nSPS) is 17.5. The van der Waals surface area contributed by atoms with Crippen molar-refractivity contribution in [3.8, 4) is 0 Å². The van der Waals surface area contributed by atoms with Crippen molar-refractivity contribution in [2.75, 3.05) is 6.61 Å². The number of pyridine rings is 1. The minimum absolute atomic E-state index is 0.283. The topological polar surface area (TPSA) is 51.7 Å². The quantitative estimate of drug-likeness (QED) is 0.725. The molecule has 0 aliphatic carbocycles. The molecular weight excluding hydrogens is 372 g/mol. The van der Waals surface area contributed by atoms with E-state index in [1.807, 2.05) is 30.3 Å². The van der Waals surface area contributed by atoms with E-state index >= 15 is 0 Å². The van der Waals surface area contributed by atoms with Gasteiger partial charge in [-0.15, -0.1) is 0 Å². The van der Waals surface area contributed by atoms with Gasteiger partial charge in [0.2, 0.25) is 0 Å². The molecule has 1 amide bonds. The number of benzene rings is 1. The minimum Gasteiger partial charge on any atom is -0.350 e. The van der Waals surface area contributed by atoms with E-state index in [4.69, 9.17) is 9.57 Å². The third-order valence-electron chi connectivity index (χ3n) is 3.72. The highest BCUT2D eigenvalue weighted by molar-refractivity contribution is 9.10. The molecule has 0 N–H and O–H groups in total. The van der Waals surface area contributed by atoms with Crippen LogP contribution in [0.1, 0.15) is 35.3 Å². The Kier molecular flexibility index (Phi) is 5.96. The van der Waals surface area contributed by atoms with E-state index < -0.39 is 6.29 Å². The van der Waals surface area contributed by atoms with E-state index in [0.29, 0.717) is 18.8 Å². The van der Waals surface area contributed by atoms with Gasteiger partial charge in [-0.25, -0.2) is 9.90 Å². The fraction of sp³-hybridized carbons (Fsp3) is 0.333. The number of hydrogen-bond acceptors (Lipinski definition) is 4. The van der Waals surface area contributed by atoms with Gasteiger partial charge in [-0.2, -0.15) is 0 Å². The summed E-state index contributed by atoms with van der Waals surface area (Å²) in [6, 6.07) is 13.2. The molecule has 5 nitrogen and oxygen atoms in total. The number of aromatic nitrogens is 1. The van der Waals surface area contributed by atoms with E-state index in [9.17, 15) is 4.79 Å². The van der Waals surface area contributed by atoms with Crippen molar-refractivity contribution in [1.82, 2.24) is 10.0 Å². The van der Waals surface area contributed by atoms with Gasteiger partial charge in [0.05, 0.1) is 6.54 Å². The number of hydroxylamine groups is 2. The van der Waals surface area contributed by atoms with Crippen LogP contribution in [0.4, 0.5) is 0 Å². The molecule has 2 heterocycles. The summed E-state index contributed by atoms with van der Waals surface area (Å²) < 4.78 is 6.41. The molecule has 0 saturated carbocycles. The van der Waals surface area contributed by atoms with E-state index in [1.54, 1.807) is 18.3 Å². The predicted octanol–water partition coefficient (Wildman–Crippen LogP) is 3.94. The van der Waals surface area contributed by atoms with Crippen molar-refractivity contribution in [3.05, 3.63) is 64.4 Å². The molecule has 1 aliphatic rings. The number of rotatable bonds is 5. The van der Waals surface area contributed by atoms with Gasteiger partial charge >= 0.3 is 0 Å². The van der Waals surface area contributed by atoms with Gasteiger partial charge in [-0.3, -0.25) is 9.78 Å². The molecule has 1 atom stereocenters. The van der Waals surface area contributed by atoms with Crippen LogP contribution in [-0.2, 0) is 16.1 Å². The van der Waals surface area contributed by atoms with Crippen LogP contribution in [-0.4, -0.2) is 28.9 Å². The van der Waals surface area contributed by atoms with Crippen LogP contribution < -0.4 is 0 Å². The van der Waals surface area contributed by atoms with Gasteiger partial charge in [-0.05, 0) is 30.5 Å². The smallest absolute Gasteiger partial charge is 0.296 e. The van der Waals surface area contributed by atoms with Crippen molar-refractivity contribution in [3.63, 3.8) is 0 Å². The fourth-order valence-electron chi connectivity index (χ4n) is 2.49. The van der Waals surface area contributed by atoms with Gasteiger partial charge in [0.1, 0.15) is 5.69 Å². The van der Waals surface area contributed by atoms with Crippen LogP contribution in [0.5, 0.6) is 0 Å². The molecule has 126 valence electrons. The zero-order valence-electron chi connectivity index (χ0n) is 13.2. The van der Waals surface area contributed by atoms with Crippen LogP contribution in [0.15, 0.2) is 53.1 Å². The molecule has 1 saturated heterocycles. The molecule has 0 radical (unpaired) electrons. The van der Waals surface area contributed by atoms with Crippen LogP contribution in [0.3, 0.4) is 0 Å². The predicted molar refractivity (Wildman–Crippen MR) is 92.9 cm³/mol. The molecule has 1 aromatic heterocycles. The molecule has 1 aliphatic heterocycles. The molecule has 1 unspecified atom stereocenters.